The first kappa shape index (κ1) is 32.4. The molecule has 0 radical (unpaired) electrons. The molecule has 13 rings (SSSR count). The van der Waals surface area contributed by atoms with Crippen LogP contribution in [-0.2, 0) is 0 Å². The Morgan fingerprint density at radius 2 is 1.08 bits per heavy atom. The highest BCUT2D eigenvalue weighted by Gasteiger charge is 2.22. The van der Waals surface area contributed by atoms with Crippen LogP contribution in [0.4, 0.5) is 0 Å². The molecule has 5 heterocycles. The Kier molecular flexibility index (Phi) is 6.79. The number of rotatable bonds is 4. The third-order valence-corrected chi connectivity index (χ3v) is 12.9. The maximum absolute atomic E-state index is 6.29. The fourth-order valence-corrected chi connectivity index (χ4v) is 10.4. The molecule has 0 N–H and O–H groups in total. The first-order valence-electron chi connectivity index (χ1n) is 19.6. The van der Waals surface area contributed by atoms with Crippen molar-refractivity contribution < 1.29 is 4.42 Å². The molecule has 0 saturated heterocycles. The third-order valence-electron chi connectivity index (χ3n) is 11.7. The van der Waals surface area contributed by atoms with Gasteiger partial charge in [-0.05, 0) is 64.7 Å². The molecule has 5 aromatic heterocycles. The van der Waals surface area contributed by atoms with Gasteiger partial charge in [-0.25, -0.2) is 15.0 Å². The number of thiophene rings is 1. The Hall–Kier alpha value is -7.74. The molecule has 0 saturated carbocycles. The largest absolute Gasteiger partial charge is 0.454 e. The monoisotopic (exact) mass is 771 g/mol. The highest BCUT2D eigenvalue weighted by molar-refractivity contribution is 7.26. The number of para-hydroxylation sites is 1. The second kappa shape index (κ2) is 12.4. The lowest BCUT2D eigenvalue weighted by Gasteiger charge is -2.15. The Morgan fingerprint density at radius 3 is 2.00 bits per heavy atom. The molecular weight excluding hydrogens is 743 g/mol. The Bertz CT molecular complexity index is 3880. The molecule has 13 aromatic rings. The van der Waals surface area contributed by atoms with Crippen LogP contribution in [0.15, 0.2) is 180 Å². The van der Waals surface area contributed by atoms with Gasteiger partial charge in [0.2, 0.25) is 0 Å². The van der Waals surface area contributed by atoms with E-state index in [0.717, 1.165) is 71.0 Å². The summed E-state index contributed by atoms with van der Waals surface area (Å²) in [5, 5.41) is 10.4. The molecule has 0 atom stereocenters. The summed E-state index contributed by atoms with van der Waals surface area (Å²) < 4.78 is 11.1. The molecule has 0 amide bonds. The highest BCUT2D eigenvalue weighted by atomic mass is 32.1. The van der Waals surface area contributed by atoms with Crippen molar-refractivity contribution in [2.24, 2.45) is 0 Å². The van der Waals surface area contributed by atoms with Crippen LogP contribution in [0.5, 0.6) is 0 Å². The van der Waals surface area contributed by atoms with Gasteiger partial charge in [0.1, 0.15) is 11.1 Å². The highest BCUT2D eigenvalue weighted by Crippen LogP contribution is 2.43. The number of nitrogens with zero attached hydrogens (tertiary/aromatic N) is 5. The van der Waals surface area contributed by atoms with Gasteiger partial charge in [0.05, 0.1) is 22.1 Å². The summed E-state index contributed by atoms with van der Waals surface area (Å²) in [6.07, 6.45) is 1.80. The second-order valence-electron chi connectivity index (χ2n) is 14.9. The van der Waals surface area contributed by atoms with Gasteiger partial charge in [0.25, 0.3) is 0 Å². The first-order valence-corrected chi connectivity index (χ1v) is 20.5. The van der Waals surface area contributed by atoms with E-state index in [9.17, 15) is 0 Å². The number of hydrogen-bond acceptors (Lipinski definition) is 6. The van der Waals surface area contributed by atoms with E-state index in [0.29, 0.717) is 17.5 Å². The summed E-state index contributed by atoms with van der Waals surface area (Å²) in [7, 11) is 0. The average molecular weight is 772 g/mol. The minimum absolute atomic E-state index is 0.560. The van der Waals surface area contributed by atoms with Crippen molar-refractivity contribution in [3.05, 3.63) is 176 Å². The number of pyridine rings is 1. The zero-order valence-corrected chi connectivity index (χ0v) is 32.1. The standard InChI is InChI=1S/C52H29N5OS/c1-2-13-31-30(12-1)27-28-42-46(31)37-15-3-5-22-41(37)57(42)40-23-9-16-32-33(40)17-7-19-36(32)50-54-51(38-20-10-24-43-47(38)48-44(58-43)25-11-29-53-48)56-52(55-50)39-21-8-18-35-34-14-4-6-26-45(34)59-49(35)39/h1-29H. The predicted octanol–water partition coefficient (Wildman–Crippen LogP) is 13.9. The summed E-state index contributed by atoms with van der Waals surface area (Å²) in [4.78, 5) is 20.8. The van der Waals surface area contributed by atoms with Gasteiger partial charge in [-0.15, -0.1) is 11.3 Å². The zero-order chi connectivity index (χ0) is 38.6. The van der Waals surface area contributed by atoms with Gasteiger partial charge in [0.15, 0.2) is 23.1 Å². The van der Waals surface area contributed by atoms with Crippen LogP contribution in [0, 0.1) is 0 Å². The van der Waals surface area contributed by atoms with E-state index in [-0.39, 0.29) is 0 Å². The molecule has 0 unspecified atom stereocenters. The van der Waals surface area contributed by atoms with Gasteiger partial charge < -0.3 is 8.98 Å². The van der Waals surface area contributed by atoms with Crippen LogP contribution in [-0.4, -0.2) is 24.5 Å². The third kappa shape index (κ3) is 4.73. The number of aromatic nitrogens is 5. The van der Waals surface area contributed by atoms with E-state index < -0.39 is 0 Å². The zero-order valence-electron chi connectivity index (χ0n) is 31.3. The molecule has 7 heteroatoms. The molecule has 0 aliphatic carbocycles. The summed E-state index contributed by atoms with van der Waals surface area (Å²) in [5.74, 6) is 1.77. The van der Waals surface area contributed by atoms with Crippen molar-refractivity contribution in [1.29, 1.82) is 0 Å². The normalized spacial score (nSPS) is 12.1. The van der Waals surface area contributed by atoms with Gasteiger partial charge >= 0.3 is 0 Å². The Balaban J connectivity index is 1.09. The molecule has 6 nitrogen and oxygen atoms in total. The van der Waals surface area contributed by atoms with Crippen molar-refractivity contribution in [1.82, 2.24) is 24.5 Å². The number of fused-ring (bicyclic) bond motifs is 12. The van der Waals surface area contributed by atoms with E-state index in [4.69, 9.17) is 24.4 Å². The quantitative estimate of drug-likeness (QED) is 0.178. The molecule has 0 fully saturated rings. The average Bonchev–Trinajstić information content (AvgIpc) is 3.98. The van der Waals surface area contributed by atoms with Crippen LogP contribution < -0.4 is 0 Å². The van der Waals surface area contributed by atoms with Crippen LogP contribution in [0.25, 0.3) is 125 Å². The topological polar surface area (TPSA) is 69.6 Å². The molecular formula is C52H29N5OS. The predicted molar refractivity (Wildman–Crippen MR) is 243 cm³/mol. The molecule has 8 aromatic carbocycles. The molecule has 59 heavy (non-hydrogen) atoms. The lowest BCUT2D eigenvalue weighted by atomic mass is 10.0. The number of hydrogen-bond donors (Lipinski definition) is 0. The van der Waals surface area contributed by atoms with Crippen molar-refractivity contribution >= 4 is 96.9 Å². The van der Waals surface area contributed by atoms with Gasteiger partial charge in [-0.1, -0.05) is 121 Å². The van der Waals surface area contributed by atoms with E-state index in [2.05, 4.69) is 150 Å². The van der Waals surface area contributed by atoms with Gasteiger partial charge in [-0.3, -0.25) is 4.98 Å². The van der Waals surface area contributed by atoms with Gasteiger partial charge in [0, 0.05) is 59.2 Å². The first-order chi connectivity index (χ1) is 29.3. The maximum atomic E-state index is 6.29. The van der Waals surface area contributed by atoms with Crippen molar-refractivity contribution in [3.63, 3.8) is 0 Å². The molecule has 274 valence electrons. The van der Waals surface area contributed by atoms with Crippen LogP contribution in [0.1, 0.15) is 0 Å². The molecule has 0 bridgehead atoms. The fraction of sp³-hybridized carbons (Fsp3) is 0. The minimum Gasteiger partial charge on any atom is -0.454 e. The van der Waals surface area contributed by atoms with Crippen LogP contribution in [0.3, 0.4) is 0 Å². The maximum Gasteiger partial charge on any atom is 0.165 e. The van der Waals surface area contributed by atoms with Crippen LogP contribution >= 0.6 is 11.3 Å². The summed E-state index contributed by atoms with van der Waals surface area (Å²) in [6, 6.07) is 59.7. The van der Waals surface area contributed by atoms with Crippen molar-refractivity contribution in [2.45, 2.75) is 0 Å². The lowest BCUT2D eigenvalue weighted by Crippen LogP contribution is -2.01. The molecule has 0 aliphatic rings. The SMILES string of the molecule is c1ccc2c(c1)ccc1c2c2ccccc2n1-c1cccc2c(-c3nc(-c4cccc5c4sc4ccccc45)nc(-c4cccc5oc6cccnc6c45)n3)cccc12. The van der Waals surface area contributed by atoms with E-state index in [1.807, 2.05) is 24.3 Å². The second-order valence-corrected chi connectivity index (χ2v) is 16.0. The minimum atomic E-state index is 0.560. The Morgan fingerprint density at radius 1 is 0.424 bits per heavy atom. The lowest BCUT2D eigenvalue weighted by molar-refractivity contribution is 0.668. The fourth-order valence-electron chi connectivity index (χ4n) is 9.17. The summed E-state index contributed by atoms with van der Waals surface area (Å²) >= 11 is 1.77. The van der Waals surface area contributed by atoms with Crippen molar-refractivity contribution in [2.75, 3.05) is 0 Å². The number of furan rings is 1. The molecule has 0 aliphatic heterocycles. The summed E-state index contributed by atoms with van der Waals surface area (Å²) in [6.45, 7) is 0. The van der Waals surface area contributed by atoms with E-state index >= 15 is 0 Å². The Labute approximate surface area is 340 Å². The van der Waals surface area contributed by atoms with E-state index in [1.165, 1.54) is 37.0 Å². The van der Waals surface area contributed by atoms with E-state index in [1.54, 1.807) is 17.5 Å². The summed E-state index contributed by atoms with van der Waals surface area (Å²) in [5.41, 5.74) is 8.38. The van der Waals surface area contributed by atoms with Gasteiger partial charge in [-0.2, -0.15) is 0 Å². The van der Waals surface area contributed by atoms with Crippen molar-refractivity contribution in [3.8, 4) is 39.9 Å². The number of benzene rings is 8. The van der Waals surface area contributed by atoms with Crippen LogP contribution in [0.2, 0.25) is 0 Å². The smallest absolute Gasteiger partial charge is 0.165 e. The molecule has 0 spiro atoms.